The number of nitrogens with one attached hydrogen (secondary N) is 1. The molecule has 12 heteroatoms. The maximum absolute atomic E-state index is 13.2. The third kappa shape index (κ3) is 3.46. The number of carbonyl (C=O) groups excluding carboxylic acids is 1. The maximum Gasteiger partial charge on any atom is 0.320 e. The highest BCUT2D eigenvalue weighted by Crippen LogP contribution is 2.34. The van der Waals surface area contributed by atoms with Gasteiger partial charge in [-0.1, -0.05) is 22.6 Å². The lowest BCUT2D eigenvalue weighted by Crippen LogP contribution is -2.13. The molecule has 0 unspecified atom stereocenters. The van der Waals surface area contributed by atoms with Crippen LogP contribution < -0.4 is 5.32 Å². The number of aryl methyl sites for hydroxylation is 2. The third-order valence-electron chi connectivity index (χ3n) is 4.73. The standard InChI is InChI=1S/C20H14F2N6O2S2/c1-9-14-11(8-12(13-4-3-7-31-13)25-18(14)30-27-9)17(29)26-20-24-10(2)15(32-20)16-23-5-6-28(16)19(21)22/h3-8,19H,1-2H3,(H,24,26,29). The Bertz CT molecular complexity index is 1440. The van der Waals surface area contributed by atoms with Crippen molar-refractivity contribution in [1.29, 1.82) is 0 Å². The molecule has 5 heterocycles. The Morgan fingerprint density at radius 2 is 2.09 bits per heavy atom. The highest BCUT2D eigenvalue weighted by Gasteiger charge is 2.23. The summed E-state index contributed by atoms with van der Waals surface area (Å²) in [7, 11) is 0. The SMILES string of the molecule is Cc1nc(NC(=O)c2cc(-c3cccs3)nc3onc(C)c23)sc1-c1nccn1C(F)F. The van der Waals surface area contributed by atoms with Gasteiger partial charge in [0.25, 0.3) is 11.6 Å². The number of hydrogen-bond donors (Lipinski definition) is 1. The van der Waals surface area contributed by atoms with Gasteiger partial charge in [-0.05, 0) is 31.4 Å². The molecule has 5 aromatic heterocycles. The minimum Gasteiger partial charge on any atom is -0.335 e. The molecule has 5 aromatic rings. The predicted octanol–water partition coefficient (Wildman–Crippen LogP) is 5.54. The van der Waals surface area contributed by atoms with Crippen LogP contribution >= 0.6 is 22.7 Å². The van der Waals surface area contributed by atoms with Gasteiger partial charge in [0.2, 0.25) is 0 Å². The van der Waals surface area contributed by atoms with Crippen molar-refractivity contribution in [2.24, 2.45) is 0 Å². The number of alkyl halides is 2. The van der Waals surface area contributed by atoms with E-state index in [1.165, 1.54) is 23.7 Å². The van der Waals surface area contributed by atoms with Crippen molar-refractivity contribution in [2.45, 2.75) is 20.4 Å². The minimum atomic E-state index is -2.73. The number of thiazole rings is 1. The van der Waals surface area contributed by atoms with Crippen LogP contribution in [0.25, 0.3) is 32.4 Å². The molecule has 0 atom stereocenters. The van der Waals surface area contributed by atoms with E-state index >= 15 is 0 Å². The zero-order valence-electron chi connectivity index (χ0n) is 16.7. The smallest absolute Gasteiger partial charge is 0.320 e. The first-order valence-electron chi connectivity index (χ1n) is 9.33. The lowest BCUT2D eigenvalue weighted by atomic mass is 10.1. The second-order valence-corrected chi connectivity index (χ2v) is 8.75. The summed E-state index contributed by atoms with van der Waals surface area (Å²) >= 11 is 2.56. The Balaban J connectivity index is 1.52. The van der Waals surface area contributed by atoms with Crippen LogP contribution in [-0.4, -0.2) is 30.6 Å². The number of aromatic nitrogens is 5. The molecule has 0 aromatic carbocycles. The van der Waals surface area contributed by atoms with E-state index in [-0.39, 0.29) is 16.7 Å². The van der Waals surface area contributed by atoms with Crippen LogP contribution in [0.4, 0.5) is 13.9 Å². The molecule has 0 bridgehead atoms. The number of rotatable bonds is 5. The van der Waals surface area contributed by atoms with E-state index in [0.717, 1.165) is 20.8 Å². The Morgan fingerprint density at radius 1 is 1.25 bits per heavy atom. The van der Waals surface area contributed by atoms with Gasteiger partial charge in [-0.25, -0.2) is 15.0 Å². The molecule has 0 spiro atoms. The topological polar surface area (TPSA) is 98.7 Å². The molecular weight excluding hydrogens is 458 g/mol. The van der Waals surface area contributed by atoms with Gasteiger partial charge in [0.05, 0.1) is 37.8 Å². The summed E-state index contributed by atoms with van der Waals surface area (Å²) in [4.78, 5) is 27.4. The quantitative estimate of drug-likeness (QED) is 0.361. The van der Waals surface area contributed by atoms with Crippen molar-refractivity contribution in [2.75, 3.05) is 5.32 Å². The Hall–Kier alpha value is -3.51. The van der Waals surface area contributed by atoms with Gasteiger partial charge in [0, 0.05) is 12.4 Å². The largest absolute Gasteiger partial charge is 0.335 e. The molecule has 0 saturated carbocycles. The Kier molecular flexibility index (Phi) is 5.02. The fourth-order valence-corrected chi connectivity index (χ4v) is 4.94. The first-order valence-corrected chi connectivity index (χ1v) is 11.0. The van der Waals surface area contributed by atoms with Gasteiger partial charge in [0.1, 0.15) is 0 Å². The van der Waals surface area contributed by atoms with Crippen molar-refractivity contribution < 1.29 is 18.1 Å². The van der Waals surface area contributed by atoms with Crippen LogP contribution in [0.5, 0.6) is 0 Å². The monoisotopic (exact) mass is 472 g/mol. The van der Waals surface area contributed by atoms with E-state index in [4.69, 9.17) is 4.52 Å². The van der Waals surface area contributed by atoms with Crippen LogP contribution in [0.3, 0.4) is 0 Å². The molecule has 0 radical (unpaired) electrons. The summed E-state index contributed by atoms with van der Waals surface area (Å²) in [6, 6.07) is 5.46. The second kappa shape index (κ2) is 7.88. The zero-order valence-corrected chi connectivity index (χ0v) is 18.3. The van der Waals surface area contributed by atoms with Crippen molar-refractivity contribution >= 4 is 44.8 Å². The molecule has 8 nitrogen and oxygen atoms in total. The average Bonchev–Trinajstić information content (AvgIpc) is 3.54. The number of fused-ring (bicyclic) bond motifs is 1. The summed E-state index contributed by atoms with van der Waals surface area (Å²) in [6.07, 6.45) is 2.50. The molecule has 0 aliphatic carbocycles. The Morgan fingerprint density at radius 3 is 2.84 bits per heavy atom. The van der Waals surface area contributed by atoms with Gasteiger partial charge in [-0.2, -0.15) is 8.78 Å². The number of imidazole rings is 1. The fourth-order valence-electron chi connectivity index (χ4n) is 3.29. The molecule has 0 saturated heterocycles. The van der Waals surface area contributed by atoms with Crippen molar-refractivity contribution in [3.8, 4) is 21.3 Å². The van der Waals surface area contributed by atoms with E-state index < -0.39 is 12.5 Å². The van der Waals surface area contributed by atoms with Crippen LogP contribution in [0.2, 0.25) is 0 Å². The van der Waals surface area contributed by atoms with E-state index in [9.17, 15) is 13.6 Å². The fraction of sp³-hybridized carbons (Fsp3) is 0.150. The molecule has 162 valence electrons. The number of halogens is 2. The van der Waals surface area contributed by atoms with Crippen molar-refractivity contribution in [1.82, 2.24) is 24.7 Å². The molecule has 32 heavy (non-hydrogen) atoms. The third-order valence-corrected chi connectivity index (χ3v) is 6.70. The van der Waals surface area contributed by atoms with Crippen molar-refractivity contribution in [3.63, 3.8) is 0 Å². The highest BCUT2D eigenvalue weighted by atomic mass is 32.1. The second-order valence-electron chi connectivity index (χ2n) is 6.80. The van der Waals surface area contributed by atoms with E-state index in [1.807, 2.05) is 17.5 Å². The predicted molar refractivity (Wildman–Crippen MR) is 117 cm³/mol. The van der Waals surface area contributed by atoms with Gasteiger partial charge < -0.3 is 4.52 Å². The number of amides is 1. The first kappa shape index (κ1) is 20.4. The molecule has 1 amide bonds. The number of pyridine rings is 1. The Labute approximate surface area is 187 Å². The first-order chi connectivity index (χ1) is 15.4. The number of anilines is 1. The number of nitrogens with zero attached hydrogens (tertiary/aromatic N) is 5. The summed E-state index contributed by atoms with van der Waals surface area (Å²) in [5.74, 6) is -0.337. The minimum absolute atomic E-state index is 0.0941. The van der Waals surface area contributed by atoms with Crippen molar-refractivity contribution in [3.05, 3.63) is 52.9 Å². The van der Waals surface area contributed by atoms with Crippen LogP contribution in [0.1, 0.15) is 28.3 Å². The average molecular weight is 473 g/mol. The van der Waals surface area contributed by atoms with E-state index in [1.54, 1.807) is 19.9 Å². The van der Waals surface area contributed by atoms with Gasteiger partial charge in [0.15, 0.2) is 11.0 Å². The lowest BCUT2D eigenvalue weighted by molar-refractivity contribution is 0.0720. The number of carbonyl (C=O) groups is 1. The molecule has 1 N–H and O–H groups in total. The number of thiophene rings is 1. The molecule has 5 rings (SSSR count). The van der Waals surface area contributed by atoms with Gasteiger partial charge in [-0.15, -0.1) is 11.3 Å². The number of hydrogen-bond acceptors (Lipinski definition) is 8. The van der Waals surface area contributed by atoms with Gasteiger partial charge >= 0.3 is 6.55 Å². The van der Waals surface area contributed by atoms with E-state index in [0.29, 0.717) is 32.9 Å². The summed E-state index contributed by atoms with van der Waals surface area (Å²) in [5.41, 5.74) is 2.20. The highest BCUT2D eigenvalue weighted by molar-refractivity contribution is 7.19. The molecular formula is C20H14F2N6O2S2. The molecule has 0 fully saturated rings. The van der Waals surface area contributed by atoms with Gasteiger partial charge in [-0.3, -0.25) is 14.7 Å². The summed E-state index contributed by atoms with van der Waals surface area (Å²) in [6.45, 7) is 0.671. The summed E-state index contributed by atoms with van der Waals surface area (Å²) < 4.78 is 32.5. The van der Waals surface area contributed by atoms with Crippen LogP contribution in [-0.2, 0) is 0 Å². The molecule has 0 aliphatic rings. The summed E-state index contributed by atoms with van der Waals surface area (Å²) in [5, 5.41) is 9.38. The zero-order chi connectivity index (χ0) is 22.4. The van der Waals surface area contributed by atoms with Crippen LogP contribution in [0.15, 0.2) is 40.5 Å². The molecule has 0 aliphatic heterocycles. The lowest BCUT2D eigenvalue weighted by Gasteiger charge is -2.06. The van der Waals surface area contributed by atoms with E-state index in [2.05, 4.69) is 25.4 Å². The van der Waals surface area contributed by atoms with Crippen LogP contribution in [0, 0.1) is 13.8 Å². The maximum atomic E-state index is 13.2. The normalized spacial score (nSPS) is 11.5.